The van der Waals surface area contributed by atoms with Crippen molar-refractivity contribution in [2.75, 3.05) is 4.90 Å². The van der Waals surface area contributed by atoms with E-state index in [-0.39, 0.29) is 0 Å². The number of allylic oxidation sites excluding steroid dienone is 1. The normalized spacial score (nSPS) is 14.5. The summed E-state index contributed by atoms with van der Waals surface area (Å²) >= 11 is 0. The third kappa shape index (κ3) is 4.34. The average molecular weight is 628 g/mol. The molecule has 9 aromatic rings. The minimum atomic E-state index is 0.421. The van der Waals surface area contributed by atoms with E-state index in [1.54, 1.807) is 0 Å². The molecular weight excluding hydrogens is 595 g/mol. The van der Waals surface area contributed by atoms with Gasteiger partial charge >= 0.3 is 0 Å². The summed E-state index contributed by atoms with van der Waals surface area (Å²) in [5.74, 6) is 1.43. The predicted molar refractivity (Wildman–Crippen MR) is 207 cm³/mol. The molecule has 0 unspecified atom stereocenters. The van der Waals surface area contributed by atoms with Gasteiger partial charge in [0.25, 0.3) is 0 Å². The Bertz CT molecular complexity index is 2730. The van der Waals surface area contributed by atoms with Gasteiger partial charge < -0.3 is 9.32 Å². The predicted octanol–water partition coefficient (Wildman–Crippen LogP) is 13.5. The fourth-order valence-corrected chi connectivity index (χ4v) is 8.16. The van der Waals surface area contributed by atoms with Crippen LogP contribution in [0.1, 0.15) is 36.1 Å². The second-order valence-electron chi connectivity index (χ2n) is 13.3. The van der Waals surface area contributed by atoms with Gasteiger partial charge in [-0.05, 0) is 92.0 Å². The Labute approximate surface area is 285 Å². The Kier molecular flexibility index (Phi) is 6.25. The Morgan fingerprint density at radius 1 is 0.510 bits per heavy atom. The molecule has 2 nitrogen and oxygen atoms in total. The molecule has 10 rings (SSSR count). The molecule has 0 fully saturated rings. The summed E-state index contributed by atoms with van der Waals surface area (Å²) in [7, 11) is 0. The van der Waals surface area contributed by atoms with Crippen LogP contribution in [0.3, 0.4) is 0 Å². The van der Waals surface area contributed by atoms with Crippen LogP contribution in [-0.2, 0) is 0 Å². The number of furan rings is 1. The molecule has 0 saturated carbocycles. The second kappa shape index (κ2) is 11.0. The topological polar surface area (TPSA) is 16.4 Å². The first-order chi connectivity index (χ1) is 24.2. The maximum Gasteiger partial charge on any atom is 0.139 e. The highest BCUT2D eigenvalue weighted by Gasteiger charge is 2.26. The smallest absolute Gasteiger partial charge is 0.139 e. The van der Waals surface area contributed by atoms with E-state index in [1.807, 2.05) is 0 Å². The van der Waals surface area contributed by atoms with E-state index in [9.17, 15) is 0 Å². The van der Waals surface area contributed by atoms with Crippen LogP contribution in [-0.4, -0.2) is 0 Å². The van der Waals surface area contributed by atoms with Crippen molar-refractivity contribution in [2.24, 2.45) is 0 Å². The van der Waals surface area contributed by atoms with Gasteiger partial charge in [0.1, 0.15) is 11.3 Å². The summed E-state index contributed by atoms with van der Waals surface area (Å²) in [6.45, 7) is 2.30. The van der Waals surface area contributed by atoms with Crippen molar-refractivity contribution in [1.29, 1.82) is 0 Å². The molecule has 0 radical (unpaired) electrons. The number of hydrogen-bond acceptors (Lipinski definition) is 2. The molecule has 0 saturated heterocycles. The highest BCUT2D eigenvalue weighted by molar-refractivity contribution is 6.25. The fourth-order valence-electron chi connectivity index (χ4n) is 8.16. The van der Waals surface area contributed by atoms with Crippen LogP contribution in [0.2, 0.25) is 0 Å². The van der Waals surface area contributed by atoms with Crippen LogP contribution in [0.15, 0.2) is 168 Å². The number of hydrogen-bond donors (Lipinski definition) is 0. The lowest BCUT2D eigenvalue weighted by atomic mass is 9.85. The van der Waals surface area contributed by atoms with Gasteiger partial charge in [0.2, 0.25) is 0 Å². The Balaban J connectivity index is 1.16. The zero-order valence-corrected chi connectivity index (χ0v) is 27.2. The van der Waals surface area contributed by atoms with Crippen LogP contribution in [0, 0.1) is 0 Å². The van der Waals surface area contributed by atoms with Gasteiger partial charge in [-0.2, -0.15) is 0 Å². The Morgan fingerprint density at radius 2 is 1.08 bits per heavy atom. The minimum absolute atomic E-state index is 0.421. The second-order valence-corrected chi connectivity index (χ2v) is 13.3. The molecule has 1 aliphatic carbocycles. The van der Waals surface area contributed by atoms with Crippen molar-refractivity contribution in [1.82, 2.24) is 0 Å². The molecule has 8 aromatic carbocycles. The van der Waals surface area contributed by atoms with E-state index in [1.165, 1.54) is 65.2 Å². The lowest BCUT2D eigenvalue weighted by Crippen LogP contribution is -2.11. The third-order valence-corrected chi connectivity index (χ3v) is 10.5. The third-order valence-electron chi connectivity index (χ3n) is 10.5. The molecule has 49 heavy (non-hydrogen) atoms. The van der Waals surface area contributed by atoms with Crippen LogP contribution in [0.5, 0.6) is 0 Å². The number of rotatable bonds is 4. The zero-order chi connectivity index (χ0) is 32.5. The molecule has 1 aromatic heterocycles. The number of fused-ring (bicyclic) bond motifs is 10. The van der Waals surface area contributed by atoms with E-state index in [2.05, 4.69) is 176 Å². The zero-order valence-electron chi connectivity index (χ0n) is 27.2. The molecule has 2 heteroatoms. The first-order valence-electron chi connectivity index (χ1n) is 17.2. The summed E-state index contributed by atoms with van der Waals surface area (Å²) in [5, 5.41) is 11.3. The highest BCUT2D eigenvalue weighted by Crippen LogP contribution is 2.46. The summed E-state index contributed by atoms with van der Waals surface area (Å²) in [5.41, 5.74) is 8.02. The maximum absolute atomic E-state index is 6.52. The van der Waals surface area contributed by atoms with Crippen LogP contribution in [0.25, 0.3) is 59.6 Å². The standard InChI is InChI=1S/C47H33NO/c1-30-21-27-36(47-46(30)42-18-8-9-20-45(42)49-47)32-22-24-33(25-23-32)48(44-19-10-12-31-11-2-3-13-35(31)44)34-26-28-41-39-16-5-4-14-37(39)38-15-6-7-17-40(38)43(41)29-34/h2-20,22-30H,21H2,1H3/t30-/m1/s1. The molecule has 0 amide bonds. The van der Waals surface area contributed by atoms with Crippen molar-refractivity contribution in [3.8, 4) is 0 Å². The number of benzene rings is 8. The first-order valence-corrected chi connectivity index (χ1v) is 17.2. The summed E-state index contributed by atoms with van der Waals surface area (Å²) < 4.78 is 6.52. The fraction of sp³-hybridized carbons (Fsp3) is 0.0638. The van der Waals surface area contributed by atoms with Gasteiger partial charge in [-0.25, -0.2) is 0 Å². The van der Waals surface area contributed by atoms with Gasteiger partial charge in [0.15, 0.2) is 0 Å². The Hall–Kier alpha value is -6.12. The largest absolute Gasteiger partial charge is 0.456 e. The van der Waals surface area contributed by atoms with Crippen LogP contribution in [0.4, 0.5) is 17.1 Å². The quantitative estimate of drug-likeness (QED) is 0.181. The van der Waals surface area contributed by atoms with E-state index < -0.39 is 0 Å². The van der Waals surface area contributed by atoms with E-state index in [0.29, 0.717) is 5.92 Å². The van der Waals surface area contributed by atoms with E-state index in [0.717, 1.165) is 34.8 Å². The molecule has 0 bridgehead atoms. The van der Waals surface area contributed by atoms with Crippen LogP contribution >= 0.6 is 0 Å². The van der Waals surface area contributed by atoms with Gasteiger partial charge in [0, 0.05) is 33.3 Å². The molecule has 0 spiro atoms. The van der Waals surface area contributed by atoms with Crippen molar-refractivity contribution in [3.63, 3.8) is 0 Å². The molecule has 1 atom stereocenters. The van der Waals surface area contributed by atoms with Gasteiger partial charge in [-0.3, -0.25) is 0 Å². The highest BCUT2D eigenvalue weighted by atomic mass is 16.3. The van der Waals surface area contributed by atoms with Crippen molar-refractivity contribution in [3.05, 3.63) is 181 Å². The van der Waals surface area contributed by atoms with E-state index >= 15 is 0 Å². The average Bonchev–Trinajstić information content (AvgIpc) is 3.56. The van der Waals surface area contributed by atoms with Crippen molar-refractivity contribution >= 4 is 76.7 Å². The van der Waals surface area contributed by atoms with Gasteiger partial charge in [0.05, 0.1) is 5.69 Å². The number of para-hydroxylation sites is 1. The van der Waals surface area contributed by atoms with E-state index in [4.69, 9.17) is 4.42 Å². The van der Waals surface area contributed by atoms with Crippen molar-refractivity contribution < 1.29 is 4.42 Å². The van der Waals surface area contributed by atoms with Gasteiger partial charge in [-0.15, -0.1) is 0 Å². The number of nitrogens with zero attached hydrogens (tertiary/aromatic N) is 1. The SMILES string of the molecule is C[C@@H]1CC=C(c2ccc(N(c3ccc4c5ccccc5c5ccccc5c4c3)c3cccc4ccccc34)cc2)c2oc3ccccc3c21. The number of anilines is 3. The molecule has 1 heterocycles. The Morgan fingerprint density at radius 3 is 1.82 bits per heavy atom. The summed E-state index contributed by atoms with van der Waals surface area (Å²) in [6.07, 6.45) is 3.35. The van der Waals surface area contributed by atoms with Gasteiger partial charge in [-0.1, -0.05) is 134 Å². The molecule has 232 valence electrons. The molecule has 0 N–H and O–H groups in total. The van der Waals surface area contributed by atoms with Crippen molar-refractivity contribution in [2.45, 2.75) is 19.3 Å². The van der Waals surface area contributed by atoms with Crippen LogP contribution < -0.4 is 4.90 Å². The lowest BCUT2D eigenvalue weighted by molar-refractivity contribution is 0.581. The minimum Gasteiger partial charge on any atom is -0.456 e. The first kappa shape index (κ1) is 27.9. The summed E-state index contributed by atoms with van der Waals surface area (Å²) in [6, 6.07) is 57.3. The molecular formula is C47H33NO. The molecule has 1 aliphatic rings. The summed E-state index contributed by atoms with van der Waals surface area (Å²) in [4.78, 5) is 2.42. The lowest BCUT2D eigenvalue weighted by Gasteiger charge is -2.28. The monoisotopic (exact) mass is 627 g/mol. The maximum atomic E-state index is 6.52. The molecule has 0 aliphatic heterocycles.